The largest absolute Gasteiger partial charge is 0.353 e. The summed E-state index contributed by atoms with van der Waals surface area (Å²) in [6, 6.07) is 8.06. The first kappa shape index (κ1) is 13.2. The molecule has 0 aliphatic rings. The predicted octanol–water partition coefficient (Wildman–Crippen LogP) is 3.15. The van der Waals surface area contributed by atoms with Gasteiger partial charge in [0.15, 0.2) is 0 Å². The van der Waals surface area contributed by atoms with Gasteiger partial charge in [0.25, 0.3) is 0 Å². The van der Waals surface area contributed by atoms with Crippen LogP contribution in [-0.2, 0) is 11.2 Å². The van der Waals surface area contributed by atoms with Gasteiger partial charge in [-0.2, -0.15) is 0 Å². The smallest absolute Gasteiger partial charge is 0.224 e. The van der Waals surface area contributed by atoms with Gasteiger partial charge in [-0.25, -0.2) is 0 Å². The first-order valence-corrected chi connectivity index (χ1v) is 6.32. The molecule has 16 heavy (non-hydrogen) atoms. The van der Waals surface area contributed by atoms with Crippen LogP contribution in [0.3, 0.4) is 0 Å². The number of carbonyl (C=O) groups is 1. The summed E-state index contributed by atoms with van der Waals surface area (Å²) < 4.78 is 1.01. The standard InChI is InChI=1S/C13H18BrNO/c1-9(2)10(3)15-13(16)8-11-5-4-6-12(14)7-11/h4-7,9-10H,8H2,1-3H3,(H,15,16). The Morgan fingerprint density at radius 3 is 2.62 bits per heavy atom. The molecule has 1 rings (SSSR count). The van der Waals surface area contributed by atoms with E-state index in [2.05, 4.69) is 35.1 Å². The van der Waals surface area contributed by atoms with Gasteiger partial charge in [0.05, 0.1) is 6.42 Å². The molecule has 1 atom stereocenters. The van der Waals surface area contributed by atoms with E-state index < -0.39 is 0 Å². The third kappa shape index (κ3) is 4.35. The summed E-state index contributed by atoms with van der Waals surface area (Å²) >= 11 is 3.39. The quantitative estimate of drug-likeness (QED) is 0.904. The minimum atomic E-state index is 0.0827. The predicted molar refractivity (Wildman–Crippen MR) is 70.3 cm³/mol. The van der Waals surface area contributed by atoms with Gasteiger partial charge in [0.1, 0.15) is 0 Å². The van der Waals surface area contributed by atoms with Crippen LogP contribution in [0, 0.1) is 5.92 Å². The molecule has 0 aliphatic carbocycles. The molecule has 0 spiro atoms. The molecule has 1 aromatic carbocycles. The number of carbonyl (C=O) groups excluding carboxylic acids is 1. The normalized spacial score (nSPS) is 12.6. The van der Waals surface area contributed by atoms with Crippen molar-refractivity contribution < 1.29 is 4.79 Å². The van der Waals surface area contributed by atoms with Crippen LogP contribution in [0.2, 0.25) is 0 Å². The summed E-state index contributed by atoms with van der Waals surface area (Å²) in [6.45, 7) is 6.23. The molecule has 0 saturated heterocycles. The molecule has 0 aromatic heterocycles. The highest BCUT2D eigenvalue weighted by molar-refractivity contribution is 9.10. The summed E-state index contributed by atoms with van der Waals surface area (Å²) in [5, 5.41) is 2.99. The molecule has 1 amide bonds. The number of halogens is 1. The summed E-state index contributed by atoms with van der Waals surface area (Å²) in [7, 11) is 0. The van der Waals surface area contributed by atoms with Crippen LogP contribution in [0.5, 0.6) is 0 Å². The Bertz CT molecular complexity index is 363. The van der Waals surface area contributed by atoms with E-state index in [-0.39, 0.29) is 11.9 Å². The molecular weight excluding hydrogens is 266 g/mol. The number of amides is 1. The van der Waals surface area contributed by atoms with Crippen LogP contribution >= 0.6 is 15.9 Å². The van der Waals surface area contributed by atoms with Crippen molar-refractivity contribution >= 4 is 21.8 Å². The number of benzene rings is 1. The molecule has 0 heterocycles. The van der Waals surface area contributed by atoms with Crippen molar-refractivity contribution in [3.63, 3.8) is 0 Å². The fourth-order valence-electron chi connectivity index (χ4n) is 1.30. The van der Waals surface area contributed by atoms with Crippen molar-refractivity contribution in [2.75, 3.05) is 0 Å². The van der Waals surface area contributed by atoms with E-state index in [0.717, 1.165) is 10.0 Å². The lowest BCUT2D eigenvalue weighted by atomic mass is 10.1. The molecule has 88 valence electrons. The monoisotopic (exact) mass is 283 g/mol. The Labute approximate surface area is 106 Å². The lowest BCUT2D eigenvalue weighted by Gasteiger charge is -2.17. The number of hydrogen-bond acceptors (Lipinski definition) is 1. The Morgan fingerprint density at radius 1 is 1.38 bits per heavy atom. The van der Waals surface area contributed by atoms with E-state index in [1.54, 1.807) is 0 Å². The molecule has 0 bridgehead atoms. The Morgan fingerprint density at radius 2 is 2.06 bits per heavy atom. The minimum absolute atomic E-state index is 0.0827. The van der Waals surface area contributed by atoms with Gasteiger partial charge in [-0.05, 0) is 30.5 Å². The van der Waals surface area contributed by atoms with Crippen LogP contribution in [0.25, 0.3) is 0 Å². The fourth-order valence-corrected chi connectivity index (χ4v) is 1.75. The molecule has 0 fully saturated rings. The average Bonchev–Trinajstić information content (AvgIpc) is 2.16. The van der Waals surface area contributed by atoms with E-state index in [1.165, 1.54) is 0 Å². The second-order valence-corrected chi connectivity index (χ2v) is 5.32. The maximum atomic E-state index is 11.7. The van der Waals surface area contributed by atoms with Crippen LogP contribution in [-0.4, -0.2) is 11.9 Å². The highest BCUT2D eigenvalue weighted by atomic mass is 79.9. The van der Waals surface area contributed by atoms with Gasteiger partial charge < -0.3 is 5.32 Å². The van der Waals surface area contributed by atoms with Gasteiger partial charge in [0, 0.05) is 10.5 Å². The molecule has 0 aliphatic heterocycles. The highest BCUT2D eigenvalue weighted by Gasteiger charge is 2.10. The zero-order valence-corrected chi connectivity index (χ0v) is 11.5. The Hall–Kier alpha value is -0.830. The molecule has 1 aromatic rings. The molecule has 0 radical (unpaired) electrons. The van der Waals surface area contributed by atoms with Crippen molar-refractivity contribution in [1.82, 2.24) is 5.32 Å². The second kappa shape index (κ2) is 6.04. The zero-order chi connectivity index (χ0) is 12.1. The van der Waals surface area contributed by atoms with Crippen LogP contribution in [0.4, 0.5) is 0 Å². The van der Waals surface area contributed by atoms with Crippen molar-refractivity contribution in [3.05, 3.63) is 34.3 Å². The van der Waals surface area contributed by atoms with E-state index >= 15 is 0 Å². The topological polar surface area (TPSA) is 29.1 Å². The zero-order valence-electron chi connectivity index (χ0n) is 9.96. The Balaban J connectivity index is 2.52. The molecule has 2 nitrogen and oxygen atoms in total. The molecule has 1 unspecified atom stereocenters. The number of hydrogen-bond donors (Lipinski definition) is 1. The molecular formula is C13H18BrNO. The summed E-state index contributed by atoms with van der Waals surface area (Å²) in [5.41, 5.74) is 1.03. The second-order valence-electron chi connectivity index (χ2n) is 4.41. The third-order valence-electron chi connectivity index (χ3n) is 2.64. The Kier molecular flexibility index (Phi) is 5.00. The van der Waals surface area contributed by atoms with Crippen molar-refractivity contribution in [2.45, 2.75) is 33.2 Å². The first-order chi connectivity index (χ1) is 7.49. The van der Waals surface area contributed by atoms with Gasteiger partial charge in [-0.15, -0.1) is 0 Å². The van der Waals surface area contributed by atoms with Gasteiger partial charge >= 0.3 is 0 Å². The highest BCUT2D eigenvalue weighted by Crippen LogP contribution is 2.12. The van der Waals surface area contributed by atoms with E-state index in [1.807, 2.05) is 31.2 Å². The van der Waals surface area contributed by atoms with Crippen molar-refractivity contribution in [1.29, 1.82) is 0 Å². The number of rotatable bonds is 4. The minimum Gasteiger partial charge on any atom is -0.353 e. The maximum Gasteiger partial charge on any atom is 0.224 e. The first-order valence-electron chi connectivity index (χ1n) is 5.53. The van der Waals surface area contributed by atoms with Crippen molar-refractivity contribution in [3.8, 4) is 0 Å². The van der Waals surface area contributed by atoms with Crippen LogP contribution in [0.15, 0.2) is 28.7 Å². The fraction of sp³-hybridized carbons (Fsp3) is 0.462. The SMILES string of the molecule is CC(C)C(C)NC(=O)Cc1cccc(Br)c1. The summed E-state index contributed by atoms with van der Waals surface area (Å²) in [5.74, 6) is 0.547. The third-order valence-corrected chi connectivity index (χ3v) is 3.14. The van der Waals surface area contributed by atoms with Gasteiger partial charge in [0.2, 0.25) is 5.91 Å². The summed E-state index contributed by atoms with van der Waals surface area (Å²) in [6.07, 6.45) is 0.441. The maximum absolute atomic E-state index is 11.7. The van der Waals surface area contributed by atoms with E-state index in [9.17, 15) is 4.79 Å². The van der Waals surface area contributed by atoms with E-state index in [0.29, 0.717) is 12.3 Å². The van der Waals surface area contributed by atoms with Crippen LogP contribution in [0.1, 0.15) is 26.3 Å². The molecule has 1 N–H and O–H groups in total. The van der Waals surface area contributed by atoms with Gasteiger partial charge in [-0.1, -0.05) is 41.9 Å². The van der Waals surface area contributed by atoms with E-state index in [4.69, 9.17) is 0 Å². The molecule has 3 heteroatoms. The van der Waals surface area contributed by atoms with Crippen molar-refractivity contribution in [2.24, 2.45) is 5.92 Å². The molecule has 0 saturated carbocycles. The number of nitrogens with one attached hydrogen (secondary N) is 1. The van der Waals surface area contributed by atoms with Crippen LogP contribution < -0.4 is 5.32 Å². The average molecular weight is 284 g/mol. The lowest BCUT2D eigenvalue weighted by Crippen LogP contribution is -2.37. The summed E-state index contributed by atoms with van der Waals surface area (Å²) in [4.78, 5) is 11.7. The lowest BCUT2D eigenvalue weighted by molar-refractivity contribution is -0.121. The van der Waals surface area contributed by atoms with Gasteiger partial charge in [-0.3, -0.25) is 4.79 Å².